The van der Waals surface area contributed by atoms with Gasteiger partial charge in [0.05, 0.1) is 17.5 Å². The zero-order valence-corrected chi connectivity index (χ0v) is 13.7. The van der Waals surface area contributed by atoms with Gasteiger partial charge in [0, 0.05) is 29.8 Å². The van der Waals surface area contributed by atoms with Gasteiger partial charge in [-0.25, -0.2) is 4.98 Å². The average molecular weight is 327 g/mol. The highest BCUT2D eigenvalue weighted by Crippen LogP contribution is 2.37. The Hall–Kier alpha value is -2.54. The van der Waals surface area contributed by atoms with E-state index in [2.05, 4.69) is 15.0 Å². The lowest BCUT2D eigenvalue weighted by molar-refractivity contribution is 0.405. The number of nitrogen functional groups attached to an aromatic ring is 2. The summed E-state index contributed by atoms with van der Waals surface area (Å²) in [7, 11) is 1.66. The number of thioether (sulfide) groups is 1. The molecule has 3 aromatic rings. The molecule has 0 spiro atoms. The lowest BCUT2D eigenvalue weighted by Crippen LogP contribution is -2.04. The van der Waals surface area contributed by atoms with Crippen molar-refractivity contribution >= 4 is 34.4 Å². The van der Waals surface area contributed by atoms with Crippen LogP contribution in [0.5, 0.6) is 5.75 Å². The highest BCUT2D eigenvalue weighted by Gasteiger charge is 2.14. The molecule has 3 rings (SSSR count). The molecule has 2 aromatic heterocycles. The van der Waals surface area contributed by atoms with E-state index in [0.717, 1.165) is 32.7 Å². The van der Waals surface area contributed by atoms with Crippen LogP contribution in [0.2, 0.25) is 0 Å². The summed E-state index contributed by atoms with van der Waals surface area (Å²) < 4.78 is 5.53. The summed E-state index contributed by atoms with van der Waals surface area (Å²) in [6.07, 6.45) is 6.04. The van der Waals surface area contributed by atoms with Gasteiger partial charge < -0.3 is 16.2 Å². The fraction of sp³-hybridized carbons (Fsp3) is 0.188. The maximum absolute atomic E-state index is 5.96. The summed E-state index contributed by atoms with van der Waals surface area (Å²) in [5.41, 5.74) is 14.3. The van der Waals surface area contributed by atoms with E-state index in [0.29, 0.717) is 12.2 Å². The molecule has 6 nitrogen and oxygen atoms in total. The first kappa shape index (κ1) is 15.4. The normalized spacial score (nSPS) is 10.9. The Morgan fingerprint density at radius 3 is 2.74 bits per heavy atom. The number of nitrogens with two attached hydrogens (primary N) is 2. The van der Waals surface area contributed by atoms with Crippen LogP contribution in [0.4, 0.5) is 11.8 Å². The molecule has 0 aliphatic rings. The number of fused-ring (bicyclic) bond motifs is 1. The third kappa shape index (κ3) is 2.87. The second-order valence-electron chi connectivity index (χ2n) is 4.99. The molecule has 118 valence electrons. The molecule has 4 N–H and O–H groups in total. The molecule has 2 heterocycles. The first-order chi connectivity index (χ1) is 11.1. The Balaban J connectivity index is 2.17. The SMILES string of the molecule is COc1cc(Cc2cnc(N)nc2N)c2cccnc2c1SC. The maximum atomic E-state index is 5.96. The van der Waals surface area contributed by atoms with Gasteiger partial charge in [0.1, 0.15) is 11.6 Å². The second kappa shape index (κ2) is 6.29. The number of methoxy groups -OCH3 is 1. The zero-order chi connectivity index (χ0) is 16.4. The Kier molecular flexibility index (Phi) is 4.20. The number of aromatic nitrogens is 3. The lowest BCUT2D eigenvalue weighted by atomic mass is 10.0. The first-order valence-corrected chi connectivity index (χ1v) is 8.22. The molecule has 0 amide bonds. The van der Waals surface area contributed by atoms with Gasteiger partial charge in [-0.1, -0.05) is 6.07 Å². The van der Waals surface area contributed by atoms with Gasteiger partial charge in [-0.15, -0.1) is 11.8 Å². The van der Waals surface area contributed by atoms with E-state index < -0.39 is 0 Å². The number of anilines is 2. The molecule has 0 saturated carbocycles. The summed E-state index contributed by atoms with van der Waals surface area (Å²) in [5, 5.41) is 1.06. The molecule has 0 unspecified atom stereocenters. The molecule has 0 aliphatic heterocycles. The number of ether oxygens (including phenoxy) is 1. The van der Waals surface area contributed by atoms with Gasteiger partial charge in [-0.2, -0.15) is 4.98 Å². The number of hydrogen-bond acceptors (Lipinski definition) is 7. The minimum atomic E-state index is 0.174. The van der Waals surface area contributed by atoms with Crippen molar-refractivity contribution in [2.75, 3.05) is 24.8 Å². The van der Waals surface area contributed by atoms with E-state index in [1.54, 1.807) is 31.3 Å². The van der Waals surface area contributed by atoms with Crippen molar-refractivity contribution in [1.29, 1.82) is 0 Å². The molecule has 7 heteroatoms. The van der Waals surface area contributed by atoms with Gasteiger partial charge in [-0.05, 0) is 24.0 Å². The van der Waals surface area contributed by atoms with Gasteiger partial charge in [0.25, 0.3) is 0 Å². The number of pyridine rings is 1. The highest BCUT2D eigenvalue weighted by atomic mass is 32.2. The largest absolute Gasteiger partial charge is 0.495 e. The number of hydrogen-bond donors (Lipinski definition) is 2. The molecule has 1 aromatic carbocycles. The van der Waals surface area contributed by atoms with Crippen molar-refractivity contribution in [3.8, 4) is 5.75 Å². The molecule has 23 heavy (non-hydrogen) atoms. The van der Waals surface area contributed by atoms with Crippen molar-refractivity contribution in [1.82, 2.24) is 15.0 Å². The van der Waals surface area contributed by atoms with Gasteiger partial charge in [0.2, 0.25) is 5.95 Å². The molecule has 0 fully saturated rings. The van der Waals surface area contributed by atoms with E-state index in [-0.39, 0.29) is 5.95 Å². The van der Waals surface area contributed by atoms with Gasteiger partial charge in [-0.3, -0.25) is 4.98 Å². The monoisotopic (exact) mass is 327 g/mol. The van der Waals surface area contributed by atoms with Crippen molar-refractivity contribution in [3.63, 3.8) is 0 Å². The van der Waals surface area contributed by atoms with Crippen LogP contribution in [-0.4, -0.2) is 28.3 Å². The summed E-state index contributed by atoms with van der Waals surface area (Å²) in [4.78, 5) is 13.6. The van der Waals surface area contributed by atoms with E-state index in [1.165, 1.54) is 0 Å². The fourth-order valence-electron chi connectivity index (χ4n) is 2.53. The standard InChI is InChI=1S/C16H17N5OS/c1-22-12-7-9(6-10-8-20-16(18)21-15(10)17)11-4-3-5-19-13(11)14(12)23-2/h3-5,7-8H,6H2,1-2H3,(H4,17,18,20,21). The third-order valence-corrected chi connectivity index (χ3v) is 4.42. The fourth-order valence-corrected chi connectivity index (χ4v) is 3.23. The lowest BCUT2D eigenvalue weighted by Gasteiger charge is -2.14. The van der Waals surface area contributed by atoms with Crippen LogP contribution < -0.4 is 16.2 Å². The maximum Gasteiger partial charge on any atom is 0.221 e. The number of benzene rings is 1. The van der Waals surface area contributed by atoms with Crippen LogP contribution >= 0.6 is 11.8 Å². The Bertz CT molecular complexity index is 868. The molecular weight excluding hydrogens is 310 g/mol. The van der Waals surface area contributed by atoms with Crippen molar-refractivity contribution in [3.05, 3.63) is 41.7 Å². The smallest absolute Gasteiger partial charge is 0.221 e. The molecular formula is C16H17N5OS. The van der Waals surface area contributed by atoms with Crippen LogP contribution in [0.25, 0.3) is 10.9 Å². The summed E-state index contributed by atoms with van der Waals surface area (Å²) >= 11 is 1.62. The van der Waals surface area contributed by atoms with Crippen molar-refractivity contribution < 1.29 is 4.74 Å². The Morgan fingerprint density at radius 1 is 1.22 bits per heavy atom. The molecule has 0 aliphatic carbocycles. The van der Waals surface area contributed by atoms with Gasteiger partial charge >= 0.3 is 0 Å². The quantitative estimate of drug-likeness (QED) is 0.710. The van der Waals surface area contributed by atoms with Crippen LogP contribution in [0.15, 0.2) is 35.5 Å². The third-order valence-electron chi connectivity index (χ3n) is 3.62. The zero-order valence-electron chi connectivity index (χ0n) is 12.9. The summed E-state index contributed by atoms with van der Waals surface area (Å²) in [6.45, 7) is 0. The molecule has 0 radical (unpaired) electrons. The average Bonchev–Trinajstić information content (AvgIpc) is 2.56. The Labute approximate surface area is 138 Å². The van der Waals surface area contributed by atoms with Crippen molar-refractivity contribution in [2.45, 2.75) is 11.3 Å². The topological polar surface area (TPSA) is 99.9 Å². The number of nitrogens with zero attached hydrogens (tertiary/aromatic N) is 3. The summed E-state index contributed by atoms with van der Waals surface area (Å²) in [6, 6.07) is 5.99. The minimum absolute atomic E-state index is 0.174. The van der Waals surface area contributed by atoms with Crippen LogP contribution in [-0.2, 0) is 6.42 Å². The second-order valence-corrected chi connectivity index (χ2v) is 5.80. The molecule has 0 atom stereocenters. The predicted molar refractivity (Wildman–Crippen MR) is 93.7 cm³/mol. The van der Waals surface area contributed by atoms with Crippen LogP contribution in [0.1, 0.15) is 11.1 Å². The van der Waals surface area contributed by atoms with Gasteiger partial charge in [0.15, 0.2) is 0 Å². The van der Waals surface area contributed by atoms with E-state index in [9.17, 15) is 0 Å². The van der Waals surface area contributed by atoms with E-state index in [4.69, 9.17) is 16.2 Å². The van der Waals surface area contributed by atoms with Crippen LogP contribution in [0, 0.1) is 0 Å². The number of rotatable bonds is 4. The highest BCUT2D eigenvalue weighted by molar-refractivity contribution is 7.99. The van der Waals surface area contributed by atoms with Crippen molar-refractivity contribution in [2.24, 2.45) is 0 Å². The molecule has 0 saturated heterocycles. The minimum Gasteiger partial charge on any atom is -0.495 e. The first-order valence-electron chi connectivity index (χ1n) is 6.99. The summed E-state index contributed by atoms with van der Waals surface area (Å²) in [5.74, 6) is 1.36. The van der Waals surface area contributed by atoms with Crippen LogP contribution in [0.3, 0.4) is 0 Å². The van der Waals surface area contributed by atoms with E-state index in [1.807, 2.05) is 24.5 Å². The Morgan fingerprint density at radius 2 is 2.04 bits per heavy atom. The van der Waals surface area contributed by atoms with E-state index >= 15 is 0 Å². The predicted octanol–water partition coefficient (Wildman–Crippen LogP) is 2.51. The molecule has 0 bridgehead atoms.